The molecule has 0 aliphatic carbocycles. The van der Waals surface area contributed by atoms with E-state index in [4.69, 9.17) is 5.11 Å². The van der Waals surface area contributed by atoms with Gasteiger partial charge in [0.25, 0.3) is 10.0 Å². The minimum absolute atomic E-state index is 0.0127. The molecule has 0 radical (unpaired) electrons. The Balaban J connectivity index is 2.91. The van der Waals surface area contributed by atoms with Gasteiger partial charge in [-0.25, -0.2) is 13.4 Å². The van der Waals surface area contributed by atoms with Gasteiger partial charge < -0.3 is 5.11 Å². The molecule has 0 fully saturated rings. The van der Waals surface area contributed by atoms with E-state index in [0.717, 1.165) is 0 Å². The number of aromatic nitrogens is 1. The summed E-state index contributed by atoms with van der Waals surface area (Å²) in [7, 11) is -2.04. The van der Waals surface area contributed by atoms with Crippen molar-refractivity contribution in [2.24, 2.45) is 0 Å². The molecule has 17 heavy (non-hydrogen) atoms. The summed E-state index contributed by atoms with van der Waals surface area (Å²) in [5.74, 6) is 0. The second-order valence-electron chi connectivity index (χ2n) is 3.57. The van der Waals surface area contributed by atoms with Crippen molar-refractivity contribution in [2.45, 2.75) is 18.1 Å². The van der Waals surface area contributed by atoms with E-state index in [1.807, 2.05) is 0 Å². The van der Waals surface area contributed by atoms with Crippen LogP contribution in [-0.4, -0.2) is 36.4 Å². The number of rotatable bonds is 6. The maximum Gasteiger partial charge on any atom is 0.260 e. The Morgan fingerprint density at radius 1 is 1.53 bits per heavy atom. The standard InChI is InChI=1S/C11H16N2O3S/c1-3-4-7-13(2)17(15,16)11-6-5-10(9-14)8-12-11/h3,5-6,8,14H,1,4,7,9H2,2H3. The van der Waals surface area contributed by atoms with Crippen molar-refractivity contribution in [1.82, 2.24) is 9.29 Å². The van der Waals surface area contributed by atoms with E-state index < -0.39 is 10.0 Å². The molecule has 6 heteroatoms. The van der Waals surface area contributed by atoms with Crippen molar-refractivity contribution in [1.29, 1.82) is 0 Å². The van der Waals surface area contributed by atoms with Gasteiger partial charge in [0.1, 0.15) is 0 Å². The first kappa shape index (κ1) is 13.8. The Bertz CT molecular complexity index is 468. The molecule has 0 bridgehead atoms. The molecule has 0 amide bonds. The predicted octanol–water partition coefficient (Wildman–Crippen LogP) is 0.771. The van der Waals surface area contributed by atoms with Gasteiger partial charge in [-0.15, -0.1) is 6.58 Å². The molecule has 1 N–H and O–H groups in total. The molecular formula is C11H16N2O3S. The zero-order valence-corrected chi connectivity index (χ0v) is 10.5. The molecule has 0 aliphatic rings. The number of aliphatic hydroxyl groups is 1. The topological polar surface area (TPSA) is 70.5 Å². The first-order valence-electron chi connectivity index (χ1n) is 5.15. The maximum absolute atomic E-state index is 12.0. The van der Waals surface area contributed by atoms with E-state index in [2.05, 4.69) is 11.6 Å². The van der Waals surface area contributed by atoms with Crippen LogP contribution in [0.3, 0.4) is 0 Å². The van der Waals surface area contributed by atoms with Gasteiger partial charge in [0.05, 0.1) is 6.61 Å². The zero-order chi connectivity index (χ0) is 12.9. The predicted molar refractivity (Wildman–Crippen MR) is 64.8 cm³/mol. The van der Waals surface area contributed by atoms with Crippen LogP contribution in [0.5, 0.6) is 0 Å². The first-order valence-corrected chi connectivity index (χ1v) is 6.59. The van der Waals surface area contributed by atoms with Crippen molar-refractivity contribution >= 4 is 10.0 Å². The molecule has 1 aromatic rings. The Hall–Kier alpha value is -1.24. The normalized spacial score (nSPS) is 11.7. The minimum atomic E-state index is -3.54. The highest BCUT2D eigenvalue weighted by Crippen LogP contribution is 2.12. The van der Waals surface area contributed by atoms with Gasteiger partial charge in [-0.1, -0.05) is 12.1 Å². The lowest BCUT2D eigenvalue weighted by molar-refractivity contribution is 0.281. The third kappa shape index (κ3) is 3.36. The number of hydrogen-bond donors (Lipinski definition) is 1. The summed E-state index contributed by atoms with van der Waals surface area (Å²) in [5.41, 5.74) is 0.581. The summed E-state index contributed by atoms with van der Waals surface area (Å²) >= 11 is 0. The fourth-order valence-corrected chi connectivity index (χ4v) is 2.30. The Morgan fingerprint density at radius 3 is 2.71 bits per heavy atom. The average Bonchev–Trinajstić information content (AvgIpc) is 2.35. The molecule has 1 aromatic heterocycles. The second kappa shape index (κ2) is 5.90. The molecule has 0 saturated heterocycles. The van der Waals surface area contributed by atoms with E-state index >= 15 is 0 Å². The summed E-state index contributed by atoms with van der Waals surface area (Å²) < 4.78 is 25.2. The molecule has 94 valence electrons. The number of sulfonamides is 1. The van der Waals surface area contributed by atoms with Crippen molar-refractivity contribution in [3.05, 3.63) is 36.5 Å². The number of nitrogens with zero attached hydrogens (tertiary/aromatic N) is 2. The highest BCUT2D eigenvalue weighted by molar-refractivity contribution is 7.89. The van der Waals surface area contributed by atoms with Crippen LogP contribution in [-0.2, 0) is 16.6 Å². The van der Waals surface area contributed by atoms with Gasteiger partial charge in [0, 0.05) is 19.8 Å². The van der Waals surface area contributed by atoms with Crippen LogP contribution in [0.25, 0.3) is 0 Å². The molecule has 1 rings (SSSR count). The molecule has 0 unspecified atom stereocenters. The lowest BCUT2D eigenvalue weighted by Crippen LogP contribution is -2.28. The lowest BCUT2D eigenvalue weighted by atomic mass is 10.3. The quantitative estimate of drug-likeness (QED) is 0.763. The largest absolute Gasteiger partial charge is 0.392 e. The van der Waals surface area contributed by atoms with Crippen molar-refractivity contribution in [3.8, 4) is 0 Å². The maximum atomic E-state index is 12.0. The van der Waals surface area contributed by atoms with Crippen LogP contribution >= 0.6 is 0 Å². The molecule has 1 heterocycles. The SMILES string of the molecule is C=CCCN(C)S(=O)(=O)c1ccc(CO)cn1. The minimum Gasteiger partial charge on any atom is -0.392 e. The molecule has 0 spiro atoms. The third-order valence-corrected chi connectivity index (χ3v) is 4.08. The fraction of sp³-hybridized carbons (Fsp3) is 0.364. The fourth-order valence-electron chi connectivity index (χ4n) is 1.21. The van der Waals surface area contributed by atoms with Crippen molar-refractivity contribution in [2.75, 3.05) is 13.6 Å². The van der Waals surface area contributed by atoms with E-state index in [1.54, 1.807) is 12.1 Å². The molecular weight excluding hydrogens is 240 g/mol. The molecule has 5 nitrogen and oxygen atoms in total. The van der Waals surface area contributed by atoms with Gasteiger partial charge in [-0.3, -0.25) is 0 Å². The Labute approximate surface area is 101 Å². The molecule has 0 atom stereocenters. The van der Waals surface area contributed by atoms with Gasteiger partial charge in [0.15, 0.2) is 5.03 Å². The average molecular weight is 256 g/mol. The van der Waals surface area contributed by atoms with Gasteiger partial charge >= 0.3 is 0 Å². The van der Waals surface area contributed by atoms with Crippen molar-refractivity contribution in [3.63, 3.8) is 0 Å². The highest BCUT2D eigenvalue weighted by atomic mass is 32.2. The Kier molecular flexibility index (Phi) is 4.80. The van der Waals surface area contributed by atoms with Gasteiger partial charge in [-0.05, 0) is 18.1 Å². The first-order chi connectivity index (χ1) is 8.02. The number of aliphatic hydroxyl groups excluding tert-OH is 1. The number of pyridine rings is 1. The highest BCUT2D eigenvalue weighted by Gasteiger charge is 2.21. The zero-order valence-electron chi connectivity index (χ0n) is 9.70. The second-order valence-corrected chi connectivity index (χ2v) is 5.56. The van der Waals surface area contributed by atoms with Gasteiger partial charge in [-0.2, -0.15) is 4.31 Å². The summed E-state index contributed by atoms with van der Waals surface area (Å²) in [6, 6.07) is 2.94. The van der Waals surface area contributed by atoms with E-state index in [0.29, 0.717) is 18.5 Å². The smallest absolute Gasteiger partial charge is 0.260 e. The van der Waals surface area contributed by atoms with Gasteiger partial charge in [0.2, 0.25) is 0 Å². The summed E-state index contributed by atoms with van der Waals surface area (Å²) in [4.78, 5) is 3.83. The molecule has 0 saturated carbocycles. The lowest BCUT2D eigenvalue weighted by Gasteiger charge is -2.15. The number of hydrogen-bond acceptors (Lipinski definition) is 4. The summed E-state index contributed by atoms with van der Waals surface area (Å²) in [6.45, 7) is 3.76. The van der Waals surface area contributed by atoms with Crippen molar-refractivity contribution < 1.29 is 13.5 Å². The van der Waals surface area contributed by atoms with Crippen LogP contribution in [0.2, 0.25) is 0 Å². The van der Waals surface area contributed by atoms with Crippen LogP contribution in [0, 0.1) is 0 Å². The Morgan fingerprint density at radius 2 is 2.24 bits per heavy atom. The van der Waals surface area contributed by atoms with Crippen LogP contribution in [0.15, 0.2) is 36.0 Å². The van der Waals surface area contributed by atoms with Crippen LogP contribution in [0.1, 0.15) is 12.0 Å². The summed E-state index contributed by atoms with van der Waals surface area (Å²) in [6.07, 6.45) is 3.60. The van der Waals surface area contributed by atoms with E-state index in [1.165, 1.54) is 23.6 Å². The third-order valence-electron chi connectivity index (χ3n) is 2.30. The monoisotopic (exact) mass is 256 g/mol. The molecule has 0 aliphatic heterocycles. The van der Waals surface area contributed by atoms with E-state index in [9.17, 15) is 8.42 Å². The van der Waals surface area contributed by atoms with Crippen LogP contribution in [0.4, 0.5) is 0 Å². The summed E-state index contributed by atoms with van der Waals surface area (Å²) in [5, 5.41) is 8.83. The molecule has 0 aromatic carbocycles. The van der Waals surface area contributed by atoms with Crippen LogP contribution < -0.4 is 0 Å². The van der Waals surface area contributed by atoms with E-state index in [-0.39, 0.29) is 11.6 Å².